The van der Waals surface area contributed by atoms with Crippen LogP contribution in [0.5, 0.6) is 0 Å². The second-order valence-electron chi connectivity index (χ2n) is 8.54. The van der Waals surface area contributed by atoms with Crippen molar-refractivity contribution in [2.45, 2.75) is 26.8 Å². The average Bonchev–Trinajstić information content (AvgIpc) is 2.84. The molecule has 1 aliphatic heterocycles. The smallest absolute Gasteiger partial charge is 0.157 e. The molecule has 0 bridgehead atoms. The number of aryl methyl sites for hydroxylation is 1. The lowest BCUT2D eigenvalue weighted by Gasteiger charge is -2.35. The molecule has 1 aliphatic rings. The molecular formula is C25H31N7O. The number of nitrogens with zero attached hydrogens (tertiary/aromatic N) is 6. The molecule has 33 heavy (non-hydrogen) atoms. The molecule has 4 rings (SSSR count). The van der Waals surface area contributed by atoms with E-state index in [9.17, 15) is 5.26 Å². The van der Waals surface area contributed by atoms with Crippen molar-refractivity contribution in [2.75, 3.05) is 56.7 Å². The van der Waals surface area contributed by atoms with Crippen LogP contribution in [0.3, 0.4) is 0 Å². The minimum Gasteiger partial charge on any atom is -0.383 e. The van der Waals surface area contributed by atoms with Crippen LogP contribution in [0.25, 0.3) is 10.8 Å². The highest BCUT2D eigenvalue weighted by atomic mass is 16.5. The standard InChI is InChI=1S/C25H31N7O/c1-17-20(15-26)6-5-7-21(17)18(2)28-25-22-14-24(27-16-23(22)19(3)29-30-25)32-10-8-31(9-11-32)12-13-33-4/h5-7,14,16,18H,8-13H2,1-4H3,(H,28,30)/t18-/m1/s1. The van der Waals surface area contributed by atoms with E-state index < -0.39 is 0 Å². The third-order valence-electron chi connectivity index (χ3n) is 6.46. The van der Waals surface area contributed by atoms with Gasteiger partial charge >= 0.3 is 0 Å². The predicted molar refractivity (Wildman–Crippen MR) is 131 cm³/mol. The highest BCUT2D eigenvalue weighted by Crippen LogP contribution is 2.30. The number of nitriles is 1. The van der Waals surface area contributed by atoms with E-state index in [4.69, 9.17) is 9.72 Å². The second kappa shape index (κ2) is 10.1. The molecule has 1 fully saturated rings. The van der Waals surface area contributed by atoms with Gasteiger partial charge in [0, 0.05) is 56.8 Å². The van der Waals surface area contributed by atoms with Crippen LogP contribution in [0.1, 0.15) is 35.3 Å². The van der Waals surface area contributed by atoms with E-state index in [2.05, 4.69) is 44.4 Å². The molecule has 1 atom stereocenters. The summed E-state index contributed by atoms with van der Waals surface area (Å²) < 4.78 is 5.21. The first-order chi connectivity index (χ1) is 16.0. The lowest BCUT2D eigenvalue weighted by Crippen LogP contribution is -2.47. The maximum Gasteiger partial charge on any atom is 0.157 e. The average molecular weight is 446 g/mol. The Morgan fingerprint density at radius 3 is 2.67 bits per heavy atom. The quantitative estimate of drug-likeness (QED) is 0.591. The molecule has 1 saturated heterocycles. The number of rotatable bonds is 7. The third-order valence-corrected chi connectivity index (χ3v) is 6.46. The molecule has 1 N–H and O–H groups in total. The zero-order chi connectivity index (χ0) is 23.4. The number of benzene rings is 1. The molecule has 0 spiro atoms. The summed E-state index contributed by atoms with van der Waals surface area (Å²) in [5, 5.41) is 23.8. The van der Waals surface area contributed by atoms with Crippen LogP contribution in [0.15, 0.2) is 30.5 Å². The lowest BCUT2D eigenvalue weighted by atomic mass is 9.98. The van der Waals surface area contributed by atoms with Gasteiger partial charge in [0.25, 0.3) is 0 Å². The van der Waals surface area contributed by atoms with Gasteiger partial charge < -0.3 is 15.0 Å². The molecule has 0 unspecified atom stereocenters. The highest BCUT2D eigenvalue weighted by molar-refractivity contribution is 5.94. The summed E-state index contributed by atoms with van der Waals surface area (Å²) in [7, 11) is 1.74. The molecule has 3 aromatic rings. The SMILES string of the molecule is COCCN1CCN(c2cc3c(N[C@H](C)c4cccc(C#N)c4C)nnc(C)c3cn2)CC1. The molecule has 3 heterocycles. The normalized spacial score (nSPS) is 15.4. The topological polar surface area (TPSA) is 90.2 Å². The zero-order valence-electron chi connectivity index (χ0n) is 19.8. The van der Waals surface area contributed by atoms with Crippen LogP contribution in [0.4, 0.5) is 11.6 Å². The first-order valence-corrected chi connectivity index (χ1v) is 11.4. The van der Waals surface area contributed by atoms with Gasteiger partial charge in [0.15, 0.2) is 5.82 Å². The zero-order valence-corrected chi connectivity index (χ0v) is 19.8. The van der Waals surface area contributed by atoms with Crippen LogP contribution in [-0.4, -0.2) is 66.5 Å². The number of aromatic nitrogens is 3. The largest absolute Gasteiger partial charge is 0.383 e. The number of nitrogens with one attached hydrogen (secondary N) is 1. The maximum atomic E-state index is 9.39. The molecule has 0 radical (unpaired) electrons. The van der Waals surface area contributed by atoms with Gasteiger partial charge in [0.1, 0.15) is 5.82 Å². The lowest BCUT2D eigenvalue weighted by molar-refractivity contribution is 0.144. The highest BCUT2D eigenvalue weighted by Gasteiger charge is 2.20. The molecular weight excluding hydrogens is 414 g/mol. The molecule has 2 aromatic heterocycles. The van der Waals surface area contributed by atoms with Gasteiger partial charge in [-0.05, 0) is 44.0 Å². The van der Waals surface area contributed by atoms with Gasteiger partial charge in [0.2, 0.25) is 0 Å². The minimum absolute atomic E-state index is 0.0283. The van der Waals surface area contributed by atoms with Gasteiger partial charge in [-0.25, -0.2) is 4.98 Å². The molecule has 0 aliphatic carbocycles. The van der Waals surface area contributed by atoms with Crippen LogP contribution in [0, 0.1) is 25.2 Å². The van der Waals surface area contributed by atoms with Crippen molar-refractivity contribution in [3.05, 3.63) is 52.8 Å². The Kier molecular flexibility index (Phi) is 7.02. The summed E-state index contributed by atoms with van der Waals surface area (Å²) in [4.78, 5) is 9.49. The van der Waals surface area contributed by atoms with Crippen molar-refractivity contribution in [3.8, 4) is 6.07 Å². The molecule has 8 heteroatoms. The van der Waals surface area contributed by atoms with E-state index in [0.717, 1.165) is 78.6 Å². The van der Waals surface area contributed by atoms with Crippen LogP contribution in [0.2, 0.25) is 0 Å². The summed E-state index contributed by atoms with van der Waals surface area (Å²) in [5.41, 5.74) is 3.61. The van der Waals surface area contributed by atoms with E-state index >= 15 is 0 Å². The monoisotopic (exact) mass is 445 g/mol. The van der Waals surface area contributed by atoms with Crippen molar-refractivity contribution in [1.82, 2.24) is 20.1 Å². The summed E-state index contributed by atoms with van der Waals surface area (Å²) in [6, 6.07) is 10.2. The Morgan fingerprint density at radius 1 is 1.15 bits per heavy atom. The van der Waals surface area contributed by atoms with Crippen molar-refractivity contribution in [2.24, 2.45) is 0 Å². The summed E-state index contributed by atoms with van der Waals surface area (Å²) in [6.07, 6.45) is 1.91. The van der Waals surface area contributed by atoms with E-state index in [1.807, 2.05) is 38.2 Å². The number of methoxy groups -OCH3 is 1. The van der Waals surface area contributed by atoms with Crippen LogP contribution >= 0.6 is 0 Å². The summed E-state index contributed by atoms with van der Waals surface area (Å²) in [5.74, 6) is 1.69. The van der Waals surface area contributed by atoms with Crippen LogP contribution < -0.4 is 10.2 Å². The molecule has 172 valence electrons. The number of piperazine rings is 1. The predicted octanol–water partition coefficient (Wildman–Crippen LogP) is 3.45. The van der Waals surface area contributed by atoms with Gasteiger partial charge in [-0.1, -0.05) is 12.1 Å². The number of anilines is 2. The van der Waals surface area contributed by atoms with Crippen molar-refractivity contribution >= 4 is 22.4 Å². The molecule has 0 amide bonds. The Balaban J connectivity index is 1.59. The number of fused-ring (bicyclic) bond motifs is 1. The van der Waals surface area contributed by atoms with Gasteiger partial charge in [-0.3, -0.25) is 4.90 Å². The Labute approximate surface area is 195 Å². The number of hydrogen-bond acceptors (Lipinski definition) is 8. The Morgan fingerprint density at radius 2 is 1.94 bits per heavy atom. The summed E-state index contributed by atoms with van der Waals surface area (Å²) in [6.45, 7) is 11.6. The van der Waals surface area contributed by atoms with Crippen molar-refractivity contribution in [1.29, 1.82) is 5.26 Å². The maximum absolute atomic E-state index is 9.39. The van der Waals surface area contributed by atoms with Gasteiger partial charge in [-0.15, -0.1) is 5.10 Å². The molecule has 0 saturated carbocycles. The molecule has 8 nitrogen and oxygen atoms in total. The van der Waals surface area contributed by atoms with E-state index in [-0.39, 0.29) is 6.04 Å². The first kappa shape index (κ1) is 22.9. The Bertz CT molecular complexity index is 1170. The van der Waals surface area contributed by atoms with Crippen molar-refractivity contribution in [3.63, 3.8) is 0 Å². The number of ether oxygens (including phenoxy) is 1. The van der Waals surface area contributed by atoms with Crippen LogP contribution in [-0.2, 0) is 4.74 Å². The first-order valence-electron chi connectivity index (χ1n) is 11.4. The number of pyridine rings is 1. The van der Waals surface area contributed by atoms with Gasteiger partial charge in [-0.2, -0.15) is 10.4 Å². The van der Waals surface area contributed by atoms with E-state index in [1.54, 1.807) is 7.11 Å². The Hall–Kier alpha value is -3.28. The van der Waals surface area contributed by atoms with E-state index in [1.165, 1.54) is 0 Å². The van der Waals surface area contributed by atoms with Crippen molar-refractivity contribution < 1.29 is 4.74 Å². The van der Waals surface area contributed by atoms with E-state index in [0.29, 0.717) is 5.56 Å². The fourth-order valence-electron chi connectivity index (χ4n) is 4.39. The molecule has 1 aromatic carbocycles. The summed E-state index contributed by atoms with van der Waals surface area (Å²) >= 11 is 0. The number of hydrogen-bond donors (Lipinski definition) is 1. The second-order valence-corrected chi connectivity index (χ2v) is 8.54. The minimum atomic E-state index is -0.0283. The van der Waals surface area contributed by atoms with Gasteiger partial charge in [0.05, 0.1) is 30.0 Å². The fraction of sp³-hybridized carbons (Fsp3) is 0.440. The fourth-order valence-corrected chi connectivity index (χ4v) is 4.39. The third kappa shape index (κ3) is 4.90.